The number of hydrogen-bond donors (Lipinski definition) is 1. The summed E-state index contributed by atoms with van der Waals surface area (Å²) in [6.07, 6.45) is 3.62. The summed E-state index contributed by atoms with van der Waals surface area (Å²) in [5.74, 6) is 0.283. The number of rotatable bonds is 0. The quantitative estimate of drug-likeness (QED) is 0.734. The van der Waals surface area contributed by atoms with Crippen molar-refractivity contribution in [2.45, 2.75) is 59.4 Å². The van der Waals surface area contributed by atoms with E-state index in [9.17, 15) is 4.79 Å². The molecule has 1 atom stereocenters. The molecule has 2 aromatic rings. The Morgan fingerprint density at radius 3 is 2.62 bits per heavy atom. The van der Waals surface area contributed by atoms with E-state index in [0.29, 0.717) is 6.42 Å². The number of para-hydroxylation sites is 1. The Morgan fingerprint density at radius 2 is 1.81 bits per heavy atom. The van der Waals surface area contributed by atoms with Crippen LogP contribution in [0.2, 0.25) is 0 Å². The minimum absolute atomic E-state index is 0.0241. The average Bonchev–Trinajstić information content (AvgIpc) is 2.51. The van der Waals surface area contributed by atoms with Crippen molar-refractivity contribution in [3.63, 3.8) is 0 Å². The Labute approximate surface area is 154 Å². The summed E-state index contributed by atoms with van der Waals surface area (Å²) in [6, 6.07) is 8.59. The van der Waals surface area contributed by atoms with Gasteiger partial charge in [0.1, 0.15) is 0 Å². The summed E-state index contributed by atoms with van der Waals surface area (Å²) in [5, 5.41) is 4.92. The molecule has 0 bridgehead atoms. The third kappa shape index (κ3) is 2.26. The molecule has 0 fully saturated rings. The number of carbonyl (C=O) groups excluding carboxylic acids is 1. The highest BCUT2D eigenvalue weighted by Crippen LogP contribution is 2.51. The summed E-state index contributed by atoms with van der Waals surface area (Å²) < 4.78 is 0. The number of pyridine rings is 1. The van der Waals surface area contributed by atoms with Gasteiger partial charge in [0.05, 0.1) is 11.6 Å². The molecule has 1 unspecified atom stereocenters. The molecule has 26 heavy (non-hydrogen) atoms. The largest absolute Gasteiger partial charge is 0.381 e. The van der Waals surface area contributed by atoms with Crippen LogP contribution in [0.15, 0.2) is 30.0 Å². The zero-order chi connectivity index (χ0) is 18.3. The van der Waals surface area contributed by atoms with Gasteiger partial charge in [0, 0.05) is 39.9 Å². The zero-order valence-corrected chi connectivity index (χ0v) is 16.1. The van der Waals surface area contributed by atoms with Crippen molar-refractivity contribution in [1.29, 1.82) is 0 Å². The fourth-order valence-electron chi connectivity index (χ4n) is 5.30. The van der Waals surface area contributed by atoms with Crippen molar-refractivity contribution in [3.8, 4) is 0 Å². The maximum absolute atomic E-state index is 13.2. The number of nitrogens with zero attached hydrogens (tertiary/aromatic N) is 1. The molecule has 1 aromatic carbocycles. The molecule has 0 saturated carbocycles. The van der Waals surface area contributed by atoms with Gasteiger partial charge in [-0.05, 0) is 36.2 Å². The predicted octanol–water partition coefficient (Wildman–Crippen LogP) is 4.95. The second-order valence-electron chi connectivity index (χ2n) is 9.90. The topological polar surface area (TPSA) is 42.0 Å². The van der Waals surface area contributed by atoms with E-state index in [2.05, 4.69) is 51.2 Å². The number of benzene rings is 1. The number of ketones is 1. The highest BCUT2D eigenvalue weighted by atomic mass is 16.1. The summed E-state index contributed by atoms with van der Waals surface area (Å²) in [6.45, 7) is 9.06. The van der Waals surface area contributed by atoms with Gasteiger partial charge in [-0.15, -0.1) is 0 Å². The third-order valence-corrected chi connectivity index (χ3v) is 6.23. The van der Waals surface area contributed by atoms with Crippen LogP contribution in [-0.4, -0.2) is 10.8 Å². The molecule has 134 valence electrons. The van der Waals surface area contributed by atoms with Crippen molar-refractivity contribution in [2.24, 2.45) is 10.8 Å². The predicted molar refractivity (Wildman–Crippen MR) is 105 cm³/mol. The van der Waals surface area contributed by atoms with Crippen LogP contribution in [-0.2, 0) is 11.2 Å². The first-order valence-corrected chi connectivity index (χ1v) is 9.69. The zero-order valence-electron chi connectivity index (χ0n) is 16.1. The Hall–Kier alpha value is -2.16. The van der Waals surface area contributed by atoms with Crippen molar-refractivity contribution in [2.75, 3.05) is 0 Å². The fourth-order valence-corrected chi connectivity index (χ4v) is 5.30. The van der Waals surface area contributed by atoms with Gasteiger partial charge in [-0.25, -0.2) is 0 Å². The highest BCUT2D eigenvalue weighted by Gasteiger charge is 2.44. The normalized spacial score (nSPS) is 25.5. The minimum Gasteiger partial charge on any atom is -0.381 e. The van der Waals surface area contributed by atoms with Crippen molar-refractivity contribution < 1.29 is 4.79 Å². The molecule has 1 aromatic heterocycles. The molecular formula is C23H26N2O. The highest BCUT2D eigenvalue weighted by molar-refractivity contribution is 6.26. The van der Waals surface area contributed by atoms with Crippen LogP contribution in [0.25, 0.3) is 16.5 Å². The van der Waals surface area contributed by atoms with Gasteiger partial charge in [0.2, 0.25) is 0 Å². The molecule has 2 heterocycles. The lowest BCUT2D eigenvalue weighted by atomic mass is 9.66. The van der Waals surface area contributed by atoms with E-state index >= 15 is 0 Å². The lowest BCUT2D eigenvalue weighted by Crippen LogP contribution is -2.41. The maximum Gasteiger partial charge on any atom is 0.165 e. The Kier molecular flexibility index (Phi) is 3.06. The molecule has 0 radical (unpaired) electrons. The molecule has 0 amide bonds. The second kappa shape index (κ2) is 4.97. The first kappa shape index (κ1) is 16.0. The van der Waals surface area contributed by atoms with E-state index < -0.39 is 0 Å². The molecular weight excluding hydrogens is 320 g/mol. The van der Waals surface area contributed by atoms with Crippen LogP contribution in [0.3, 0.4) is 0 Å². The van der Waals surface area contributed by atoms with Gasteiger partial charge in [-0.2, -0.15) is 0 Å². The molecule has 1 aliphatic heterocycles. The summed E-state index contributed by atoms with van der Waals surface area (Å²) in [5.41, 5.74) is 7.00. The number of carbonyl (C=O) groups is 1. The van der Waals surface area contributed by atoms with Crippen molar-refractivity contribution >= 4 is 22.3 Å². The van der Waals surface area contributed by atoms with Crippen LogP contribution in [0, 0.1) is 10.8 Å². The molecule has 5 rings (SSSR count). The summed E-state index contributed by atoms with van der Waals surface area (Å²) in [4.78, 5) is 18.2. The van der Waals surface area contributed by atoms with Crippen LogP contribution in [0.1, 0.15) is 69.8 Å². The van der Waals surface area contributed by atoms with Gasteiger partial charge >= 0.3 is 0 Å². The van der Waals surface area contributed by atoms with E-state index in [1.54, 1.807) is 0 Å². The lowest BCUT2D eigenvalue weighted by Gasteiger charge is -2.45. The van der Waals surface area contributed by atoms with Crippen LogP contribution in [0.4, 0.5) is 0 Å². The molecule has 2 aliphatic carbocycles. The van der Waals surface area contributed by atoms with Gasteiger partial charge in [-0.3, -0.25) is 9.78 Å². The fraction of sp³-hybridized carbons (Fsp3) is 0.478. The van der Waals surface area contributed by atoms with E-state index in [4.69, 9.17) is 4.98 Å². The third-order valence-electron chi connectivity index (χ3n) is 6.23. The summed E-state index contributed by atoms with van der Waals surface area (Å²) >= 11 is 0. The minimum atomic E-state index is 0.0241. The maximum atomic E-state index is 13.2. The van der Waals surface area contributed by atoms with Crippen LogP contribution >= 0.6 is 0 Å². The van der Waals surface area contributed by atoms with Gasteiger partial charge in [0.25, 0.3) is 0 Å². The summed E-state index contributed by atoms with van der Waals surface area (Å²) in [7, 11) is 0. The lowest BCUT2D eigenvalue weighted by molar-refractivity contribution is -0.116. The van der Waals surface area contributed by atoms with E-state index in [-0.39, 0.29) is 22.7 Å². The van der Waals surface area contributed by atoms with E-state index in [1.165, 1.54) is 16.8 Å². The Bertz CT molecular complexity index is 997. The number of nitrogens with one attached hydrogen (secondary N) is 1. The first-order chi connectivity index (χ1) is 12.2. The average molecular weight is 346 g/mol. The smallest absolute Gasteiger partial charge is 0.165 e. The molecule has 1 N–H and O–H groups in total. The Balaban J connectivity index is 1.86. The SMILES string of the molecule is CC1(C)CC(=O)C2=C(C1)NC1CC(C)(C)Cc3nc4ccccc4c2c31. The Morgan fingerprint density at radius 1 is 1.04 bits per heavy atom. The van der Waals surface area contributed by atoms with Crippen LogP contribution in [0.5, 0.6) is 0 Å². The monoisotopic (exact) mass is 346 g/mol. The van der Waals surface area contributed by atoms with Gasteiger partial charge in [0.15, 0.2) is 5.78 Å². The standard InChI is InChI=1S/C23H26N2O/c1-22(2)9-15-20-16(10-22)25-17-11-23(3,4)12-18(26)21(17)19(20)13-7-5-6-8-14(13)24-15/h5-8,16,25H,9-12H2,1-4H3. The second-order valence-corrected chi connectivity index (χ2v) is 9.90. The number of fused-ring (bicyclic) bond motifs is 3. The van der Waals surface area contributed by atoms with E-state index in [0.717, 1.165) is 41.4 Å². The first-order valence-electron chi connectivity index (χ1n) is 9.69. The number of allylic oxidation sites excluding steroid dienone is 2. The molecule has 3 aliphatic rings. The molecule has 0 saturated heterocycles. The van der Waals surface area contributed by atoms with Crippen molar-refractivity contribution in [3.05, 3.63) is 46.8 Å². The van der Waals surface area contributed by atoms with Crippen LogP contribution < -0.4 is 5.32 Å². The number of hydrogen-bond acceptors (Lipinski definition) is 3. The molecule has 3 heteroatoms. The number of aromatic nitrogens is 1. The van der Waals surface area contributed by atoms with E-state index in [1.807, 2.05) is 6.07 Å². The van der Waals surface area contributed by atoms with Gasteiger partial charge in [-0.1, -0.05) is 45.9 Å². The van der Waals surface area contributed by atoms with Gasteiger partial charge < -0.3 is 5.32 Å². The molecule has 0 spiro atoms. The van der Waals surface area contributed by atoms with Crippen molar-refractivity contribution in [1.82, 2.24) is 10.3 Å². The number of Topliss-reactive ketones (excluding diaryl/α,β-unsaturated/α-hetero) is 1. The molecule has 3 nitrogen and oxygen atoms in total.